The highest BCUT2D eigenvalue weighted by Gasteiger charge is 2.26. The zero-order chi connectivity index (χ0) is 12.4. The van der Waals surface area contributed by atoms with Crippen molar-refractivity contribution in [3.8, 4) is 11.8 Å². The summed E-state index contributed by atoms with van der Waals surface area (Å²) in [5.74, 6) is 3.19. The van der Waals surface area contributed by atoms with Gasteiger partial charge in [-0.25, -0.2) is 0 Å². The SMILES string of the molecule is O=C(O)CC#Cc1ccc2c(c1)C(=O)NC2=O. The van der Waals surface area contributed by atoms with Gasteiger partial charge < -0.3 is 5.11 Å². The molecule has 1 aromatic carbocycles. The fourth-order valence-electron chi connectivity index (χ4n) is 1.47. The van der Waals surface area contributed by atoms with Crippen LogP contribution in [0.5, 0.6) is 0 Å². The molecule has 1 aliphatic rings. The van der Waals surface area contributed by atoms with Crippen LogP contribution in [0.2, 0.25) is 0 Å². The lowest BCUT2D eigenvalue weighted by Gasteiger charge is -1.94. The Morgan fingerprint density at radius 3 is 2.65 bits per heavy atom. The molecule has 0 saturated heterocycles. The lowest BCUT2D eigenvalue weighted by molar-refractivity contribution is -0.135. The van der Waals surface area contributed by atoms with E-state index in [9.17, 15) is 14.4 Å². The Bertz CT molecular complexity index is 592. The van der Waals surface area contributed by atoms with Gasteiger partial charge in [-0.2, -0.15) is 0 Å². The largest absolute Gasteiger partial charge is 0.481 e. The van der Waals surface area contributed by atoms with Gasteiger partial charge in [-0.15, -0.1) is 0 Å². The number of hydrogen-bond donors (Lipinski definition) is 2. The number of carboxylic acids is 1. The highest BCUT2D eigenvalue weighted by Crippen LogP contribution is 2.16. The molecule has 2 N–H and O–H groups in total. The van der Waals surface area contributed by atoms with E-state index < -0.39 is 17.8 Å². The standard InChI is InChI=1S/C12H7NO4/c14-10(15)3-1-2-7-4-5-8-9(6-7)12(17)13-11(8)16/h4-6H,3H2,(H,14,15)(H,13,16,17). The number of carbonyl (C=O) groups excluding carboxylic acids is 2. The number of benzene rings is 1. The van der Waals surface area contributed by atoms with Crippen molar-refractivity contribution in [2.75, 3.05) is 0 Å². The molecule has 0 fully saturated rings. The highest BCUT2D eigenvalue weighted by molar-refractivity contribution is 6.21. The average molecular weight is 229 g/mol. The van der Waals surface area contributed by atoms with Gasteiger partial charge in [0.15, 0.2) is 0 Å². The Morgan fingerprint density at radius 1 is 1.24 bits per heavy atom. The number of aliphatic carboxylic acids is 1. The maximum absolute atomic E-state index is 11.3. The van der Waals surface area contributed by atoms with E-state index in [0.717, 1.165) is 0 Å². The minimum absolute atomic E-state index is 0.262. The molecule has 0 radical (unpaired) electrons. The maximum atomic E-state index is 11.3. The zero-order valence-electron chi connectivity index (χ0n) is 8.61. The van der Waals surface area contributed by atoms with Crippen LogP contribution in [0.25, 0.3) is 0 Å². The second kappa shape index (κ2) is 4.10. The van der Waals surface area contributed by atoms with E-state index in [1.807, 2.05) is 0 Å². The molecule has 2 rings (SSSR count). The molecule has 0 atom stereocenters. The van der Waals surface area contributed by atoms with E-state index in [0.29, 0.717) is 11.1 Å². The summed E-state index contributed by atoms with van der Waals surface area (Å²) >= 11 is 0. The van der Waals surface area contributed by atoms with Crippen molar-refractivity contribution >= 4 is 17.8 Å². The van der Waals surface area contributed by atoms with Gasteiger partial charge >= 0.3 is 5.97 Å². The van der Waals surface area contributed by atoms with E-state index in [2.05, 4.69) is 17.2 Å². The number of rotatable bonds is 1. The molecule has 0 saturated carbocycles. The van der Waals surface area contributed by atoms with Crippen LogP contribution in [0, 0.1) is 11.8 Å². The Labute approximate surface area is 96.4 Å². The normalized spacial score (nSPS) is 12.5. The van der Waals surface area contributed by atoms with Crippen molar-refractivity contribution in [2.24, 2.45) is 0 Å². The summed E-state index contributed by atoms with van der Waals surface area (Å²) in [5.41, 5.74) is 1.10. The maximum Gasteiger partial charge on any atom is 0.315 e. The van der Waals surface area contributed by atoms with Crippen molar-refractivity contribution in [1.82, 2.24) is 5.32 Å². The van der Waals surface area contributed by atoms with Crippen LogP contribution in [0.4, 0.5) is 0 Å². The van der Waals surface area contributed by atoms with Gasteiger partial charge in [0.2, 0.25) is 0 Å². The summed E-state index contributed by atoms with van der Waals surface area (Å²) in [6, 6.07) is 4.55. The monoisotopic (exact) mass is 229 g/mol. The van der Waals surface area contributed by atoms with Crippen molar-refractivity contribution < 1.29 is 19.5 Å². The van der Waals surface area contributed by atoms with Crippen molar-refractivity contribution in [3.05, 3.63) is 34.9 Å². The average Bonchev–Trinajstić information content (AvgIpc) is 2.54. The van der Waals surface area contributed by atoms with Gasteiger partial charge in [0.25, 0.3) is 11.8 Å². The Kier molecular flexibility index (Phi) is 2.63. The molecule has 5 heteroatoms. The second-order valence-corrected chi connectivity index (χ2v) is 3.42. The van der Waals surface area contributed by atoms with Gasteiger partial charge in [-0.1, -0.05) is 11.8 Å². The number of carboxylic acid groups (broad SMARTS) is 1. The zero-order valence-corrected chi connectivity index (χ0v) is 8.61. The minimum atomic E-state index is -1.01. The Morgan fingerprint density at radius 2 is 1.94 bits per heavy atom. The quantitative estimate of drug-likeness (QED) is 0.539. The molecule has 17 heavy (non-hydrogen) atoms. The number of fused-ring (bicyclic) bond motifs is 1. The lowest BCUT2D eigenvalue weighted by atomic mass is 10.1. The minimum Gasteiger partial charge on any atom is -0.481 e. The summed E-state index contributed by atoms with van der Waals surface area (Å²) in [4.78, 5) is 32.8. The van der Waals surface area contributed by atoms with Crippen molar-refractivity contribution in [3.63, 3.8) is 0 Å². The molecule has 0 aliphatic carbocycles. The highest BCUT2D eigenvalue weighted by atomic mass is 16.4. The molecule has 1 heterocycles. The van der Waals surface area contributed by atoms with Crippen LogP contribution in [-0.4, -0.2) is 22.9 Å². The fraction of sp³-hybridized carbons (Fsp3) is 0.0833. The van der Waals surface area contributed by atoms with Crippen LogP contribution < -0.4 is 5.32 Å². The van der Waals surface area contributed by atoms with E-state index >= 15 is 0 Å². The third kappa shape index (κ3) is 2.16. The molecule has 5 nitrogen and oxygen atoms in total. The van der Waals surface area contributed by atoms with E-state index in [1.165, 1.54) is 12.1 Å². The number of carbonyl (C=O) groups is 3. The van der Waals surface area contributed by atoms with Crippen LogP contribution in [0.3, 0.4) is 0 Å². The molecule has 0 unspecified atom stereocenters. The van der Waals surface area contributed by atoms with Gasteiger partial charge in [0.1, 0.15) is 6.42 Å². The Balaban J connectivity index is 2.31. The first-order chi connectivity index (χ1) is 8.08. The van der Waals surface area contributed by atoms with Crippen LogP contribution >= 0.6 is 0 Å². The summed E-state index contributed by atoms with van der Waals surface area (Å²) < 4.78 is 0. The van der Waals surface area contributed by atoms with Crippen LogP contribution in [0.1, 0.15) is 32.7 Å². The first kappa shape index (κ1) is 10.9. The van der Waals surface area contributed by atoms with Gasteiger partial charge in [-0.3, -0.25) is 19.7 Å². The number of nitrogens with one attached hydrogen (secondary N) is 1. The van der Waals surface area contributed by atoms with E-state index in [1.54, 1.807) is 6.07 Å². The summed E-state index contributed by atoms with van der Waals surface area (Å²) in [6.07, 6.45) is -0.262. The van der Waals surface area contributed by atoms with Crippen LogP contribution in [-0.2, 0) is 4.79 Å². The molecule has 84 valence electrons. The third-order valence-corrected chi connectivity index (χ3v) is 2.21. The van der Waals surface area contributed by atoms with Gasteiger partial charge in [0.05, 0.1) is 11.1 Å². The molecule has 1 aliphatic heterocycles. The topological polar surface area (TPSA) is 83.5 Å². The third-order valence-electron chi connectivity index (χ3n) is 2.21. The van der Waals surface area contributed by atoms with E-state index in [4.69, 9.17) is 5.11 Å². The molecular weight excluding hydrogens is 222 g/mol. The van der Waals surface area contributed by atoms with Crippen molar-refractivity contribution in [1.29, 1.82) is 0 Å². The molecule has 2 amide bonds. The molecule has 0 spiro atoms. The first-order valence-corrected chi connectivity index (χ1v) is 4.78. The lowest BCUT2D eigenvalue weighted by Crippen LogP contribution is -2.19. The van der Waals surface area contributed by atoms with Gasteiger partial charge in [0, 0.05) is 5.56 Å². The predicted molar refractivity (Wildman–Crippen MR) is 57.4 cm³/mol. The molecule has 0 aromatic heterocycles. The fourth-order valence-corrected chi connectivity index (χ4v) is 1.47. The number of hydrogen-bond acceptors (Lipinski definition) is 3. The summed E-state index contributed by atoms with van der Waals surface area (Å²) in [5, 5.41) is 10.6. The number of amides is 2. The van der Waals surface area contributed by atoms with Crippen LogP contribution in [0.15, 0.2) is 18.2 Å². The summed E-state index contributed by atoms with van der Waals surface area (Å²) in [7, 11) is 0. The summed E-state index contributed by atoms with van der Waals surface area (Å²) in [6.45, 7) is 0. The van der Waals surface area contributed by atoms with Gasteiger partial charge in [-0.05, 0) is 18.2 Å². The molecular formula is C12H7NO4. The molecule has 1 aromatic rings. The van der Waals surface area contributed by atoms with E-state index in [-0.39, 0.29) is 12.0 Å². The smallest absolute Gasteiger partial charge is 0.315 e. The number of imide groups is 1. The Hall–Kier alpha value is -2.61. The predicted octanol–water partition coefficient (Wildman–Crippen LogP) is 0.396. The van der Waals surface area contributed by atoms with Crippen molar-refractivity contribution in [2.45, 2.75) is 6.42 Å². The second-order valence-electron chi connectivity index (χ2n) is 3.42. The first-order valence-electron chi connectivity index (χ1n) is 4.78. The molecule has 0 bridgehead atoms.